The van der Waals surface area contributed by atoms with Gasteiger partial charge in [-0.25, -0.2) is 0 Å². The van der Waals surface area contributed by atoms with Crippen molar-refractivity contribution in [2.75, 3.05) is 0 Å². The highest BCUT2D eigenvalue weighted by Crippen LogP contribution is 1.93. The molecule has 0 saturated heterocycles. The Kier molecular flexibility index (Phi) is 7.71. The van der Waals surface area contributed by atoms with Crippen LogP contribution in [0.2, 0.25) is 0 Å². The zero-order chi connectivity index (χ0) is 10.8. The average molecular weight is 194 g/mol. The fourth-order valence-electron chi connectivity index (χ4n) is 0.878. The quantitative estimate of drug-likeness (QED) is 0.461. The molecule has 0 spiro atoms. The maximum absolute atomic E-state index is 11.1. The van der Waals surface area contributed by atoms with E-state index in [2.05, 4.69) is 0 Å². The third-order valence-corrected chi connectivity index (χ3v) is 1.69. The summed E-state index contributed by atoms with van der Waals surface area (Å²) in [6.07, 6.45) is 9.88. The van der Waals surface area contributed by atoms with E-state index < -0.39 is 11.6 Å². The molecule has 2 nitrogen and oxygen atoms in total. The molecule has 0 rings (SSSR count). The van der Waals surface area contributed by atoms with Crippen LogP contribution in [0.4, 0.5) is 0 Å². The summed E-state index contributed by atoms with van der Waals surface area (Å²) in [5.41, 5.74) is 0. The van der Waals surface area contributed by atoms with Gasteiger partial charge in [-0.3, -0.25) is 9.59 Å². The van der Waals surface area contributed by atoms with Gasteiger partial charge >= 0.3 is 0 Å². The summed E-state index contributed by atoms with van der Waals surface area (Å²) in [6, 6.07) is 0. The van der Waals surface area contributed by atoms with Crippen LogP contribution in [-0.2, 0) is 9.59 Å². The molecule has 0 heterocycles. The Morgan fingerprint density at radius 3 is 1.50 bits per heavy atom. The summed E-state index contributed by atoms with van der Waals surface area (Å²) in [5, 5.41) is 0. The van der Waals surface area contributed by atoms with Crippen LogP contribution in [0.25, 0.3) is 0 Å². The second kappa shape index (κ2) is 8.42. The molecule has 14 heavy (non-hydrogen) atoms. The Balaban J connectivity index is 3.93. The summed E-state index contributed by atoms with van der Waals surface area (Å²) in [6.45, 7) is 4.05. The van der Waals surface area contributed by atoms with Gasteiger partial charge in [-0.2, -0.15) is 0 Å². The molecule has 0 bridgehead atoms. The highest BCUT2D eigenvalue weighted by molar-refractivity contribution is 6.45. The first-order valence-electron chi connectivity index (χ1n) is 5.13. The van der Waals surface area contributed by atoms with E-state index in [0.29, 0.717) is 0 Å². The van der Waals surface area contributed by atoms with Crippen molar-refractivity contribution in [3.63, 3.8) is 0 Å². The molecule has 0 aliphatic carbocycles. The van der Waals surface area contributed by atoms with E-state index in [1.54, 1.807) is 12.2 Å². The van der Waals surface area contributed by atoms with Crippen LogP contribution in [0.5, 0.6) is 0 Å². The van der Waals surface area contributed by atoms with Crippen LogP contribution in [0, 0.1) is 0 Å². The van der Waals surface area contributed by atoms with Crippen LogP contribution >= 0.6 is 0 Å². The standard InChI is InChI=1S/C12H18O2/c1-3-5-7-9-11(13)12(14)10-8-6-4-2/h7-10H,3-6H2,1-2H3. The van der Waals surface area contributed by atoms with E-state index in [1.165, 1.54) is 12.2 Å². The molecule has 0 saturated carbocycles. The number of rotatable bonds is 7. The van der Waals surface area contributed by atoms with Gasteiger partial charge in [0.25, 0.3) is 0 Å². The van der Waals surface area contributed by atoms with Crippen molar-refractivity contribution in [2.45, 2.75) is 39.5 Å². The van der Waals surface area contributed by atoms with E-state index in [-0.39, 0.29) is 0 Å². The summed E-state index contributed by atoms with van der Waals surface area (Å²) in [4.78, 5) is 22.2. The Labute approximate surface area is 85.7 Å². The minimum absolute atomic E-state index is 0.425. The molecular formula is C12H18O2. The molecule has 0 aliphatic rings. The van der Waals surface area contributed by atoms with Crippen LogP contribution in [-0.4, -0.2) is 11.6 Å². The number of ketones is 2. The second-order valence-electron chi connectivity index (χ2n) is 3.11. The monoisotopic (exact) mass is 194 g/mol. The van der Waals surface area contributed by atoms with Crippen molar-refractivity contribution in [2.24, 2.45) is 0 Å². The maximum atomic E-state index is 11.1. The van der Waals surface area contributed by atoms with Gasteiger partial charge in [0.1, 0.15) is 0 Å². The molecule has 0 amide bonds. The smallest absolute Gasteiger partial charge is 0.225 e. The van der Waals surface area contributed by atoms with Gasteiger partial charge in [0.05, 0.1) is 0 Å². The molecule has 0 radical (unpaired) electrons. The predicted molar refractivity (Wildman–Crippen MR) is 58.1 cm³/mol. The molecule has 0 N–H and O–H groups in total. The molecule has 0 atom stereocenters. The zero-order valence-corrected chi connectivity index (χ0v) is 8.95. The summed E-state index contributed by atoms with van der Waals surface area (Å²) >= 11 is 0. The van der Waals surface area contributed by atoms with Gasteiger partial charge < -0.3 is 0 Å². The number of hydrogen-bond donors (Lipinski definition) is 0. The van der Waals surface area contributed by atoms with Crippen molar-refractivity contribution < 1.29 is 9.59 Å². The first kappa shape index (κ1) is 12.8. The largest absolute Gasteiger partial charge is 0.286 e. The summed E-state index contributed by atoms with van der Waals surface area (Å²) < 4.78 is 0. The van der Waals surface area contributed by atoms with Crippen molar-refractivity contribution in [1.82, 2.24) is 0 Å². The molecule has 0 aromatic rings. The molecular weight excluding hydrogens is 176 g/mol. The SMILES string of the molecule is CCCC=CC(=O)C(=O)C=CCCC. The van der Waals surface area contributed by atoms with Gasteiger partial charge in [-0.15, -0.1) is 0 Å². The highest BCUT2D eigenvalue weighted by atomic mass is 16.2. The number of unbranched alkanes of at least 4 members (excludes halogenated alkanes) is 2. The lowest BCUT2D eigenvalue weighted by atomic mass is 10.2. The molecule has 0 unspecified atom stereocenters. The zero-order valence-electron chi connectivity index (χ0n) is 8.95. The number of carbonyl (C=O) groups excluding carboxylic acids is 2. The normalized spacial score (nSPS) is 11.3. The van der Waals surface area contributed by atoms with E-state index in [4.69, 9.17) is 0 Å². The second-order valence-corrected chi connectivity index (χ2v) is 3.11. The van der Waals surface area contributed by atoms with Crippen LogP contribution in [0.3, 0.4) is 0 Å². The van der Waals surface area contributed by atoms with Crippen molar-refractivity contribution in [3.8, 4) is 0 Å². The average Bonchev–Trinajstić information content (AvgIpc) is 2.18. The number of carbonyl (C=O) groups is 2. The van der Waals surface area contributed by atoms with Gasteiger partial charge in [-0.05, 0) is 25.0 Å². The fraction of sp³-hybridized carbons (Fsp3) is 0.500. The van der Waals surface area contributed by atoms with Gasteiger partial charge in [0.15, 0.2) is 0 Å². The van der Waals surface area contributed by atoms with Crippen LogP contribution in [0.1, 0.15) is 39.5 Å². The van der Waals surface area contributed by atoms with Gasteiger partial charge in [0.2, 0.25) is 11.6 Å². The highest BCUT2D eigenvalue weighted by Gasteiger charge is 2.04. The van der Waals surface area contributed by atoms with Gasteiger partial charge in [0, 0.05) is 0 Å². The topological polar surface area (TPSA) is 34.1 Å². The molecule has 0 aromatic heterocycles. The molecule has 0 aliphatic heterocycles. The van der Waals surface area contributed by atoms with E-state index in [1.807, 2.05) is 13.8 Å². The molecule has 2 heteroatoms. The summed E-state index contributed by atoms with van der Waals surface area (Å²) in [7, 11) is 0. The third kappa shape index (κ3) is 6.35. The Morgan fingerprint density at radius 1 is 0.857 bits per heavy atom. The maximum Gasteiger partial charge on any atom is 0.225 e. The van der Waals surface area contributed by atoms with Crippen LogP contribution < -0.4 is 0 Å². The lowest BCUT2D eigenvalue weighted by Crippen LogP contribution is -2.06. The lowest BCUT2D eigenvalue weighted by molar-refractivity contribution is -0.130. The third-order valence-electron chi connectivity index (χ3n) is 1.69. The minimum Gasteiger partial charge on any atom is -0.286 e. The number of allylic oxidation sites excluding steroid dienone is 4. The molecule has 0 aromatic carbocycles. The fourth-order valence-corrected chi connectivity index (χ4v) is 0.878. The van der Waals surface area contributed by atoms with Crippen molar-refractivity contribution >= 4 is 11.6 Å². The lowest BCUT2D eigenvalue weighted by Gasteiger charge is -1.87. The van der Waals surface area contributed by atoms with E-state index >= 15 is 0 Å². The number of hydrogen-bond acceptors (Lipinski definition) is 2. The Hall–Kier alpha value is -1.18. The molecule has 0 fully saturated rings. The van der Waals surface area contributed by atoms with E-state index in [0.717, 1.165) is 25.7 Å². The van der Waals surface area contributed by atoms with E-state index in [9.17, 15) is 9.59 Å². The Morgan fingerprint density at radius 2 is 1.21 bits per heavy atom. The molecule has 78 valence electrons. The van der Waals surface area contributed by atoms with Crippen molar-refractivity contribution in [1.29, 1.82) is 0 Å². The first-order chi connectivity index (χ1) is 6.72. The summed E-state index contributed by atoms with van der Waals surface area (Å²) in [5.74, 6) is -0.850. The predicted octanol–water partition coefficient (Wildman–Crippen LogP) is 2.84. The van der Waals surface area contributed by atoms with Crippen molar-refractivity contribution in [3.05, 3.63) is 24.3 Å². The first-order valence-corrected chi connectivity index (χ1v) is 5.13. The van der Waals surface area contributed by atoms with Crippen LogP contribution in [0.15, 0.2) is 24.3 Å². The Bertz CT molecular complexity index is 211. The minimum atomic E-state index is -0.425. The van der Waals surface area contributed by atoms with Gasteiger partial charge in [-0.1, -0.05) is 38.8 Å².